The summed E-state index contributed by atoms with van der Waals surface area (Å²) in [6, 6.07) is -0.724. The van der Waals surface area contributed by atoms with Gasteiger partial charge in [-0.05, 0) is 89.9 Å². The summed E-state index contributed by atoms with van der Waals surface area (Å²) in [6.45, 7) is 6.32. The van der Waals surface area contributed by atoms with Crippen LogP contribution in [0.25, 0.3) is 0 Å². The topological polar surface area (TPSA) is 95.9 Å². The van der Waals surface area contributed by atoms with Crippen molar-refractivity contribution in [2.45, 2.75) is 257 Å². The molecule has 3 N–H and O–H groups in total. The van der Waals surface area contributed by atoms with Gasteiger partial charge in [0.05, 0.1) is 25.2 Å². The number of hydrogen-bond donors (Lipinski definition) is 3. The quantitative estimate of drug-likeness (QED) is 0.0245. The Hall–Kier alpha value is -2.96. The lowest BCUT2D eigenvalue weighted by Crippen LogP contribution is -2.46. The van der Waals surface area contributed by atoms with Crippen LogP contribution in [-0.4, -0.2) is 46.9 Å². The molecule has 0 saturated heterocycles. The summed E-state index contributed by atoms with van der Waals surface area (Å²) in [4.78, 5) is 26.1. The molecule has 0 aliphatic heterocycles. The predicted octanol–water partition coefficient (Wildman–Crippen LogP) is 16.0. The highest BCUT2D eigenvalue weighted by atomic mass is 16.5. The standard InChI is InChI=1S/C57H99NO5/c1-4-7-10-13-16-19-22-25-27-28-29-32-35-38-41-44-47-50-57(62)63-53(48-45-42-39-36-33-30-24-21-18-15-12-9-6-3)51-56(61)58-54(52-59)55(60)49-46-43-40-37-34-31-26-23-20-17-14-11-8-5-2/h7,10,16,18-19,21,24-25,27,29-30,32,38,41,53-55,59-60H,4-6,8-9,11-15,17,20,22-23,26,28,31,33-37,39-40,42-52H2,1-3H3,(H,58,61)/b10-7-,19-16-,21-18+,27-25-,30-24+,32-29-,41-38-. The highest BCUT2D eigenvalue weighted by molar-refractivity contribution is 5.77. The SMILES string of the molecule is CC/C=C\C/C=C\C/C=C\C/C=C\C/C=C\CCCC(=O)OC(CCCCCC/C=C/C=C/CCCCC)CC(=O)NC(CO)C(O)CCCCCCCCCCCCCCCC. The molecule has 0 aromatic carbocycles. The minimum atomic E-state index is -0.807. The molecule has 3 unspecified atom stereocenters. The zero-order valence-corrected chi connectivity index (χ0v) is 41.2. The van der Waals surface area contributed by atoms with Crippen molar-refractivity contribution < 1.29 is 24.5 Å². The number of allylic oxidation sites excluding steroid dienone is 14. The van der Waals surface area contributed by atoms with Crippen LogP contribution in [0.2, 0.25) is 0 Å². The Morgan fingerprint density at radius 3 is 1.41 bits per heavy atom. The molecule has 0 heterocycles. The molecule has 0 saturated carbocycles. The Morgan fingerprint density at radius 2 is 0.905 bits per heavy atom. The molecule has 63 heavy (non-hydrogen) atoms. The van der Waals surface area contributed by atoms with E-state index in [9.17, 15) is 19.8 Å². The second-order valence-electron chi connectivity index (χ2n) is 17.6. The molecule has 3 atom stereocenters. The molecule has 0 radical (unpaired) electrons. The Balaban J connectivity index is 4.69. The Bertz CT molecular complexity index is 1210. The van der Waals surface area contributed by atoms with Crippen LogP contribution in [-0.2, 0) is 14.3 Å². The van der Waals surface area contributed by atoms with E-state index in [1.165, 1.54) is 89.9 Å². The third-order valence-electron chi connectivity index (χ3n) is 11.5. The van der Waals surface area contributed by atoms with Gasteiger partial charge in [0.2, 0.25) is 5.91 Å². The molecule has 0 aliphatic carbocycles. The maximum atomic E-state index is 13.2. The maximum absolute atomic E-state index is 13.2. The van der Waals surface area contributed by atoms with Crippen LogP contribution in [0, 0.1) is 0 Å². The number of hydrogen-bond acceptors (Lipinski definition) is 5. The van der Waals surface area contributed by atoms with Gasteiger partial charge in [0.15, 0.2) is 0 Å². The van der Waals surface area contributed by atoms with Crippen LogP contribution in [0.4, 0.5) is 0 Å². The summed E-state index contributed by atoms with van der Waals surface area (Å²) in [5.74, 6) is -0.567. The number of nitrogens with one attached hydrogen (secondary N) is 1. The number of aliphatic hydroxyl groups is 2. The summed E-state index contributed by atoms with van der Waals surface area (Å²) in [7, 11) is 0. The van der Waals surface area contributed by atoms with Crippen molar-refractivity contribution in [3.05, 3.63) is 85.1 Å². The molecule has 1 amide bonds. The molecule has 0 fully saturated rings. The number of ether oxygens (including phenoxy) is 1. The first kappa shape index (κ1) is 60.0. The van der Waals surface area contributed by atoms with Gasteiger partial charge >= 0.3 is 5.97 Å². The third-order valence-corrected chi connectivity index (χ3v) is 11.5. The van der Waals surface area contributed by atoms with Crippen molar-refractivity contribution in [3.8, 4) is 0 Å². The first-order valence-corrected chi connectivity index (χ1v) is 26.3. The van der Waals surface area contributed by atoms with E-state index in [1.54, 1.807) is 0 Å². The summed E-state index contributed by atoms with van der Waals surface area (Å²) >= 11 is 0. The van der Waals surface area contributed by atoms with Gasteiger partial charge in [-0.3, -0.25) is 9.59 Å². The predicted molar refractivity (Wildman–Crippen MR) is 273 cm³/mol. The van der Waals surface area contributed by atoms with Gasteiger partial charge < -0.3 is 20.3 Å². The van der Waals surface area contributed by atoms with Gasteiger partial charge in [-0.2, -0.15) is 0 Å². The van der Waals surface area contributed by atoms with Crippen molar-refractivity contribution in [1.82, 2.24) is 5.32 Å². The fourth-order valence-corrected chi connectivity index (χ4v) is 7.52. The molecule has 0 bridgehead atoms. The van der Waals surface area contributed by atoms with E-state index in [-0.39, 0.29) is 24.9 Å². The summed E-state index contributed by atoms with van der Waals surface area (Å²) < 4.78 is 5.90. The van der Waals surface area contributed by atoms with Crippen LogP contribution in [0.3, 0.4) is 0 Å². The average molecular weight is 878 g/mol. The van der Waals surface area contributed by atoms with Crippen molar-refractivity contribution in [3.63, 3.8) is 0 Å². The smallest absolute Gasteiger partial charge is 0.306 e. The van der Waals surface area contributed by atoms with Gasteiger partial charge in [0.25, 0.3) is 0 Å². The first-order valence-electron chi connectivity index (χ1n) is 26.3. The first-order chi connectivity index (χ1) is 31.0. The fourth-order valence-electron chi connectivity index (χ4n) is 7.52. The molecule has 362 valence electrons. The second-order valence-corrected chi connectivity index (χ2v) is 17.6. The molecular weight excluding hydrogens is 779 g/mol. The highest BCUT2D eigenvalue weighted by Gasteiger charge is 2.24. The van der Waals surface area contributed by atoms with E-state index in [0.29, 0.717) is 25.7 Å². The van der Waals surface area contributed by atoms with Crippen LogP contribution < -0.4 is 5.32 Å². The fraction of sp³-hybridized carbons (Fsp3) is 0.719. The second kappa shape index (κ2) is 50.0. The Kier molecular flexibility index (Phi) is 47.7. The molecule has 6 heteroatoms. The van der Waals surface area contributed by atoms with E-state index in [4.69, 9.17) is 4.74 Å². The highest BCUT2D eigenvalue weighted by Crippen LogP contribution is 2.17. The Morgan fingerprint density at radius 1 is 0.492 bits per heavy atom. The van der Waals surface area contributed by atoms with E-state index in [0.717, 1.165) is 96.3 Å². The van der Waals surface area contributed by atoms with E-state index >= 15 is 0 Å². The molecule has 0 aliphatic rings. The third kappa shape index (κ3) is 45.4. The number of aliphatic hydroxyl groups excluding tert-OH is 2. The molecule has 0 spiro atoms. The van der Waals surface area contributed by atoms with Crippen LogP contribution in [0.15, 0.2) is 85.1 Å². The summed E-state index contributed by atoms with van der Waals surface area (Å²) in [5, 5.41) is 23.8. The number of carbonyl (C=O) groups is 2. The summed E-state index contributed by atoms with van der Waals surface area (Å²) in [5.41, 5.74) is 0. The van der Waals surface area contributed by atoms with E-state index in [1.807, 2.05) is 0 Å². The lowest BCUT2D eigenvalue weighted by molar-refractivity contribution is -0.151. The Labute approximate surface area is 389 Å². The number of amides is 1. The number of esters is 1. The van der Waals surface area contributed by atoms with Crippen LogP contribution >= 0.6 is 0 Å². The molecule has 0 rings (SSSR count). The van der Waals surface area contributed by atoms with E-state index in [2.05, 4.69) is 111 Å². The summed E-state index contributed by atoms with van der Waals surface area (Å²) in [6.07, 6.45) is 65.0. The largest absolute Gasteiger partial charge is 0.462 e. The number of unbranched alkanes of at least 4 members (excludes halogenated alkanes) is 21. The van der Waals surface area contributed by atoms with Crippen molar-refractivity contribution in [2.24, 2.45) is 0 Å². The zero-order valence-electron chi connectivity index (χ0n) is 41.2. The molecule has 0 aromatic rings. The molecule has 6 nitrogen and oxygen atoms in total. The zero-order chi connectivity index (χ0) is 45.9. The number of carbonyl (C=O) groups excluding carboxylic acids is 2. The maximum Gasteiger partial charge on any atom is 0.306 e. The molecule has 0 aromatic heterocycles. The number of rotatable bonds is 46. The van der Waals surface area contributed by atoms with Gasteiger partial charge in [-0.15, -0.1) is 0 Å². The lowest BCUT2D eigenvalue weighted by atomic mass is 10.0. The lowest BCUT2D eigenvalue weighted by Gasteiger charge is -2.24. The van der Waals surface area contributed by atoms with Crippen LogP contribution in [0.5, 0.6) is 0 Å². The van der Waals surface area contributed by atoms with Gasteiger partial charge in [-0.25, -0.2) is 0 Å². The van der Waals surface area contributed by atoms with Crippen molar-refractivity contribution >= 4 is 11.9 Å². The van der Waals surface area contributed by atoms with Gasteiger partial charge in [-0.1, -0.05) is 221 Å². The van der Waals surface area contributed by atoms with E-state index < -0.39 is 18.2 Å². The van der Waals surface area contributed by atoms with Crippen molar-refractivity contribution in [1.29, 1.82) is 0 Å². The molecular formula is C57H99NO5. The van der Waals surface area contributed by atoms with Crippen LogP contribution in [0.1, 0.15) is 239 Å². The van der Waals surface area contributed by atoms with Crippen molar-refractivity contribution in [2.75, 3.05) is 6.61 Å². The average Bonchev–Trinajstić information content (AvgIpc) is 3.28. The normalized spacial score (nSPS) is 13.9. The van der Waals surface area contributed by atoms with Gasteiger partial charge in [0.1, 0.15) is 6.10 Å². The minimum Gasteiger partial charge on any atom is -0.462 e. The van der Waals surface area contributed by atoms with Gasteiger partial charge in [0, 0.05) is 6.42 Å². The monoisotopic (exact) mass is 878 g/mol. The minimum absolute atomic E-state index is 0.0376.